The Balaban J connectivity index is 1.59. The van der Waals surface area contributed by atoms with Crippen LogP contribution in [0.15, 0.2) is 42.5 Å². The number of carbonyl (C=O) groups excluding carboxylic acids is 2. The van der Waals surface area contributed by atoms with Crippen LogP contribution in [0, 0.1) is 5.82 Å². The SMILES string of the molecule is Nc1ccc(CC(=O)N2CCN(C(=O)c3c(F)cccc3Cl)CC2)cc1. The van der Waals surface area contributed by atoms with Crippen molar-refractivity contribution in [1.29, 1.82) is 0 Å². The zero-order chi connectivity index (χ0) is 18.7. The van der Waals surface area contributed by atoms with Gasteiger partial charge >= 0.3 is 0 Å². The first kappa shape index (κ1) is 18.2. The minimum Gasteiger partial charge on any atom is -0.399 e. The molecule has 0 aliphatic carbocycles. The maximum Gasteiger partial charge on any atom is 0.258 e. The number of amides is 2. The summed E-state index contributed by atoms with van der Waals surface area (Å²) in [5.41, 5.74) is 7.07. The Bertz CT molecular complexity index is 798. The molecule has 0 radical (unpaired) electrons. The normalized spacial score (nSPS) is 14.4. The number of benzene rings is 2. The summed E-state index contributed by atoms with van der Waals surface area (Å²) < 4.78 is 13.9. The van der Waals surface area contributed by atoms with Crippen molar-refractivity contribution in [2.75, 3.05) is 31.9 Å². The predicted octanol–water partition coefficient (Wildman–Crippen LogP) is 2.59. The number of nitrogens with zero attached hydrogens (tertiary/aromatic N) is 2. The molecular weight excluding hydrogens is 357 g/mol. The number of rotatable bonds is 3. The first-order valence-electron chi connectivity index (χ1n) is 8.31. The Labute approximate surface area is 156 Å². The topological polar surface area (TPSA) is 66.6 Å². The van der Waals surface area contributed by atoms with Crippen molar-refractivity contribution in [3.63, 3.8) is 0 Å². The van der Waals surface area contributed by atoms with E-state index in [-0.39, 0.29) is 22.9 Å². The predicted molar refractivity (Wildman–Crippen MR) is 98.5 cm³/mol. The standard InChI is InChI=1S/C19H19ClFN3O2/c20-15-2-1-3-16(21)18(15)19(26)24-10-8-23(9-11-24)17(25)12-13-4-6-14(22)7-5-13/h1-7H,8-12,22H2. The van der Waals surface area contributed by atoms with Gasteiger partial charge in [0.25, 0.3) is 5.91 Å². The van der Waals surface area contributed by atoms with Gasteiger partial charge in [0.2, 0.25) is 5.91 Å². The summed E-state index contributed by atoms with van der Waals surface area (Å²) in [4.78, 5) is 28.2. The van der Waals surface area contributed by atoms with E-state index in [1.54, 1.807) is 17.0 Å². The molecule has 0 unspecified atom stereocenters. The third kappa shape index (κ3) is 3.96. The molecular formula is C19H19ClFN3O2. The second-order valence-corrected chi connectivity index (χ2v) is 6.60. The summed E-state index contributed by atoms with van der Waals surface area (Å²) in [5.74, 6) is -1.09. The third-order valence-electron chi connectivity index (χ3n) is 4.43. The van der Waals surface area contributed by atoms with E-state index in [0.29, 0.717) is 31.9 Å². The summed E-state index contributed by atoms with van der Waals surface area (Å²) >= 11 is 5.96. The van der Waals surface area contributed by atoms with Gasteiger partial charge in [0, 0.05) is 31.9 Å². The van der Waals surface area contributed by atoms with E-state index in [2.05, 4.69) is 0 Å². The molecule has 136 valence electrons. The van der Waals surface area contributed by atoms with Crippen LogP contribution in [0.2, 0.25) is 5.02 Å². The molecule has 0 atom stereocenters. The quantitative estimate of drug-likeness (QED) is 0.838. The van der Waals surface area contributed by atoms with Gasteiger partial charge in [0.05, 0.1) is 17.0 Å². The van der Waals surface area contributed by atoms with E-state index >= 15 is 0 Å². The summed E-state index contributed by atoms with van der Waals surface area (Å²) in [6.45, 7) is 1.51. The van der Waals surface area contributed by atoms with Crippen molar-refractivity contribution < 1.29 is 14.0 Å². The molecule has 2 aromatic rings. The molecule has 1 aliphatic heterocycles. The molecule has 0 aromatic heterocycles. The molecule has 1 saturated heterocycles. The van der Waals surface area contributed by atoms with E-state index < -0.39 is 11.7 Å². The highest BCUT2D eigenvalue weighted by Gasteiger charge is 2.27. The van der Waals surface area contributed by atoms with Gasteiger partial charge in [-0.25, -0.2) is 4.39 Å². The molecule has 1 fully saturated rings. The van der Waals surface area contributed by atoms with Crippen LogP contribution in [0.1, 0.15) is 15.9 Å². The lowest BCUT2D eigenvalue weighted by molar-refractivity contribution is -0.131. The smallest absolute Gasteiger partial charge is 0.258 e. The van der Waals surface area contributed by atoms with Crippen LogP contribution >= 0.6 is 11.6 Å². The molecule has 7 heteroatoms. The fourth-order valence-electron chi connectivity index (χ4n) is 2.94. The molecule has 2 N–H and O–H groups in total. The van der Waals surface area contributed by atoms with Crippen LogP contribution in [0.4, 0.5) is 10.1 Å². The average molecular weight is 376 g/mol. The zero-order valence-electron chi connectivity index (χ0n) is 14.1. The van der Waals surface area contributed by atoms with E-state index in [1.807, 2.05) is 12.1 Å². The lowest BCUT2D eigenvalue weighted by atomic mass is 10.1. The van der Waals surface area contributed by atoms with E-state index in [1.165, 1.54) is 23.1 Å². The van der Waals surface area contributed by atoms with Crippen molar-refractivity contribution in [2.45, 2.75) is 6.42 Å². The minimum atomic E-state index is -0.635. The fraction of sp³-hybridized carbons (Fsp3) is 0.263. The first-order valence-corrected chi connectivity index (χ1v) is 8.69. The van der Waals surface area contributed by atoms with E-state index in [0.717, 1.165) is 5.56 Å². The van der Waals surface area contributed by atoms with Crippen LogP contribution < -0.4 is 5.73 Å². The van der Waals surface area contributed by atoms with Crippen LogP contribution in [0.5, 0.6) is 0 Å². The van der Waals surface area contributed by atoms with Crippen molar-refractivity contribution in [3.8, 4) is 0 Å². The average Bonchev–Trinajstić information content (AvgIpc) is 2.63. The lowest BCUT2D eigenvalue weighted by Crippen LogP contribution is -2.51. The van der Waals surface area contributed by atoms with Gasteiger partial charge in [-0.3, -0.25) is 9.59 Å². The van der Waals surface area contributed by atoms with E-state index in [4.69, 9.17) is 17.3 Å². The van der Waals surface area contributed by atoms with E-state index in [9.17, 15) is 14.0 Å². The molecule has 0 spiro atoms. The Morgan fingerprint density at radius 1 is 1.00 bits per heavy atom. The molecule has 1 aliphatic rings. The number of halogens is 2. The molecule has 3 rings (SSSR count). The number of anilines is 1. The molecule has 26 heavy (non-hydrogen) atoms. The van der Waals surface area contributed by atoms with Crippen molar-refractivity contribution in [3.05, 3.63) is 64.4 Å². The van der Waals surface area contributed by atoms with Crippen molar-refractivity contribution in [1.82, 2.24) is 9.80 Å². The molecule has 2 aromatic carbocycles. The highest BCUT2D eigenvalue weighted by atomic mass is 35.5. The van der Waals surface area contributed by atoms with Gasteiger partial charge < -0.3 is 15.5 Å². The summed E-state index contributed by atoms with van der Waals surface area (Å²) in [6, 6.07) is 11.3. The maximum absolute atomic E-state index is 13.9. The van der Waals surface area contributed by atoms with Crippen molar-refractivity contribution >= 4 is 29.1 Å². The van der Waals surface area contributed by atoms with Gasteiger partial charge in [0.15, 0.2) is 0 Å². The van der Waals surface area contributed by atoms with Gasteiger partial charge in [0.1, 0.15) is 5.82 Å². The van der Waals surface area contributed by atoms with Crippen LogP contribution in [0.3, 0.4) is 0 Å². The highest BCUT2D eigenvalue weighted by molar-refractivity contribution is 6.33. The number of nitrogen functional groups attached to an aromatic ring is 1. The Kier molecular flexibility index (Phi) is 5.42. The van der Waals surface area contributed by atoms with Gasteiger partial charge in [-0.15, -0.1) is 0 Å². The number of piperazine rings is 1. The Morgan fingerprint density at radius 3 is 2.23 bits per heavy atom. The number of hydrogen-bond acceptors (Lipinski definition) is 3. The molecule has 1 heterocycles. The zero-order valence-corrected chi connectivity index (χ0v) is 14.9. The summed E-state index contributed by atoms with van der Waals surface area (Å²) in [6.07, 6.45) is 0.285. The second kappa shape index (κ2) is 7.74. The summed E-state index contributed by atoms with van der Waals surface area (Å²) in [7, 11) is 0. The second-order valence-electron chi connectivity index (χ2n) is 6.19. The Morgan fingerprint density at radius 2 is 1.62 bits per heavy atom. The number of hydrogen-bond donors (Lipinski definition) is 1. The largest absolute Gasteiger partial charge is 0.399 e. The molecule has 0 saturated carbocycles. The third-order valence-corrected chi connectivity index (χ3v) is 4.75. The fourth-order valence-corrected chi connectivity index (χ4v) is 3.18. The first-order chi connectivity index (χ1) is 12.5. The lowest BCUT2D eigenvalue weighted by Gasteiger charge is -2.35. The van der Waals surface area contributed by atoms with Gasteiger partial charge in [-0.1, -0.05) is 29.8 Å². The van der Waals surface area contributed by atoms with Crippen LogP contribution in [0.25, 0.3) is 0 Å². The number of nitrogens with two attached hydrogens (primary N) is 1. The number of carbonyl (C=O) groups is 2. The molecule has 5 nitrogen and oxygen atoms in total. The minimum absolute atomic E-state index is 0.00852. The highest BCUT2D eigenvalue weighted by Crippen LogP contribution is 2.21. The van der Waals surface area contributed by atoms with Crippen molar-refractivity contribution in [2.24, 2.45) is 0 Å². The van der Waals surface area contributed by atoms with Gasteiger partial charge in [-0.05, 0) is 29.8 Å². The molecule has 2 amide bonds. The monoisotopic (exact) mass is 375 g/mol. The Hall–Kier alpha value is -2.60. The van der Waals surface area contributed by atoms with Gasteiger partial charge in [-0.2, -0.15) is 0 Å². The van der Waals surface area contributed by atoms with Crippen LogP contribution in [-0.2, 0) is 11.2 Å². The summed E-state index contributed by atoms with van der Waals surface area (Å²) in [5, 5.41) is 0.0943. The van der Waals surface area contributed by atoms with Crippen LogP contribution in [-0.4, -0.2) is 47.8 Å². The molecule has 0 bridgehead atoms. The maximum atomic E-state index is 13.9.